The molecule has 0 fully saturated rings. The zero-order chi connectivity index (χ0) is 26.0. The third-order valence-electron chi connectivity index (χ3n) is 5.79. The van der Waals surface area contributed by atoms with Crippen molar-refractivity contribution in [1.29, 1.82) is 5.26 Å². The van der Waals surface area contributed by atoms with Crippen molar-refractivity contribution >= 4 is 23.6 Å². The van der Waals surface area contributed by atoms with E-state index in [4.69, 9.17) is 5.10 Å². The van der Waals surface area contributed by atoms with E-state index in [0.717, 1.165) is 10.5 Å². The van der Waals surface area contributed by atoms with Crippen LogP contribution in [-0.4, -0.2) is 38.0 Å². The number of nitro benzene ring substituents is 1. The third-order valence-corrected chi connectivity index (χ3v) is 5.79. The van der Waals surface area contributed by atoms with E-state index in [0.29, 0.717) is 22.5 Å². The van der Waals surface area contributed by atoms with Crippen molar-refractivity contribution in [2.75, 3.05) is 6.54 Å². The van der Waals surface area contributed by atoms with Crippen LogP contribution < -0.4 is 0 Å². The lowest BCUT2D eigenvalue weighted by Crippen LogP contribution is -2.44. The molecule has 9 heteroatoms. The van der Waals surface area contributed by atoms with Gasteiger partial charge in [0.25, 0.3) is 17.5 Å². The van der Waals surface area contributed by atoms with Gasteiger partial charge in [-0.25, -0.2) is 4.68 Å². The minimum absolute atomic E-state index is 0.0299. The molecule has 4 rings (SSSR count). The molecule has 0 saturated heterocycles. The van der Waals surface area contributed by atoms with Gasteiger partial charge in [0.05, 0.1) is 16.3 Å². The summed E-state index contributed by atoms with van der Waals surface area (Å²) in [7, 11) is 0. The maximum Gasteiger partial charge on any atom is 0.271 e. The highest BCUT2D eigenvalue weighted by molar-refractivity contribution is 6.19. The molecule has 1 aromatic heterocycles. The molecule has 2 aromatic carbocycles. The molecule has 180 valence electrons. The molecular formula is C27H23N5O4. The topological polar surface area (TPSA) is 122 Å². The molecule has 0 atom stereocenters. The van der Waals surface area contributed by atoms with E-state index in [9.17, 15) is 25.0 Å². The molecule has 1 aliphatic rings. The van der Waals surface area contributed by atoms with Gasteiger partial charge in [-0.15, -0.1) is 0 Å². The number of nitro groups is 1. The van der Waals surface area contributed by atoms with Crippen molar-refractivity contribution < 1.29 is 14.5 Å². The SMILES string of the molecule is CC1=C(C#N)C(=O)N(CC(C)C)C(=O)/C1=C/c1cn(-c2ccc([N+](=O)[O-])cc2)nc1-c1ccccc1. The first-order valence-electron chi connectivity index (χ1n) is 11.3. The molecule has 0 unspecified atom stereocenters. The molecule has 0 saturated carbocycles. The molecule has 0 aliphatic carbocycles. The largest absolute Gasteiger partial charge is 0.273 e. The fourth-order valence-electron chi connectivity index (χ4n) is 3.99. The van der Waals surface area contributed by atoms with Crippen LogP contribution in [0.2, 0.25) is 0 Å². The maximum atomic E-state index is 13.4. The number of imide groups is 1. The number of hydrogen-bond donors (Lipinski definition) is 0. The van der Waals surface area contributed by atoms with Crippen LogP contribution in [0.25, 0.3) is 23.0 Å². The van der Waals surface area contributed by atoms with E-state index >= 15 is 0 Å². The van der Waals surface area contributed by atoms with Gasteiger partial charge in [0.15, 0.2) is 0 Å². The van der Waals surface area contributed by atoms with Gasteiger partial charge >= 0.3 is 0 Å². The van der Waals surface area contributed by atoms with Crippen LogP contribution in [0.15, 0.2) is 77.5 Å². The Bertz CT molecular complexity index is 1460. The van der Waals surface area contributed by atoms with Crippen molar-refractivity contribution in [3.8, 4) is 23.0 Å². The quantitative estimate of drug-likeness (QED) is 0.218. The van der Waals surface area contributed by atoms with E-state index in [1.165, 1.54) is 12.1 Å². The summed E-state index contributed by atoms with van der Waals surface area (Å²) in [4.78, 5) is 37.8. The van der Waals surface area contributed by atoms with Gasteiger partial charge in [0.2, 0.25) is 0 Å². The van der Waals surface area contributed by atoms with Gasteiger partial charge < -0.3 is 0 Å². The number of amides is 2. The fourth-order valence-corrected chi connectivity index (χ4v) is 3.99. The zero-order valence-electron chi connectivity index (χ0n) is 20.0. The van der Waals surface area contributed by atoms with E-state index in [1.807, 2.05) is 50.2 Å². The van der Waals surface area contributed by atoms with Crippen molar-refractivity contribution in [3.05, 3.63) is 93.2 Å². The van der Waals surface area contributed by atoms with Crippen LogP contribution in [0.5, 0.6) is 0 Å². The van der Waals surface area contributed by atoms with Crippen molar-refractivity contribution in [1.82, 2.24) is 14.7 Å². The van der Waals surface area contributed by atoms with Gasteiger partial charge in [-0.1, -0.05) is 44.2 Å². The minimum atomic E-state index is -0.587. The second-order valence-corrected chi connectivity index (χ2v) is 8.80. The molecule has 0 radical (unpaired) electrons. The summed E-state index contributed by atoms with van der Waals surface area (Å²) in [6.45, 7) is 5.57. The van der Waals surface area contributed by atoms with E-state index < -0.39 is 16.7 Å². The number of aromatic nitrogens is 2. The molecule has 0 N–H and O–H groups in total. The fraction of sp³-hybridized carbons (Fsp3) is 0.185. The van der Waals surface area contributed by atoms with Crippen LogP contribution in [0.3, 0.4) is 0 Å². The summed E-state index contributed by atoms with van der Waals surface area (Å²) < 4.78 is 1.58. The van der Waals surface area contributed by atoms with Gasteiger partial charge in [-0.2, -0.15) is 10.4 Å². The Morgan fingerprint density at radius 1 is 1.08 bits per heavy atom. The first-order chi connectivity index (χ1) is 17.2. The smallest absolute Gasteiger partial charge is 0.271 e. The molecule has 3 aromatic rings. The van der Waals surface area contributed by atoms with E-state index in [-0.39, 0.29) is 29.3 Å². The lowest BCUT2D eigenvalue weighted by molar-refractivity contribution is -0.384. The molecule has 2 heterocycles. The second-order valence-electron chi connectivity index (χ2n) is 8.80. The number of nitriles is 1. The Morgan fingerprint density at radius 3 is 2.33 bits per heavy atom. The number of hydrogen-bond acceptors (Lipinski definition) is 6. The van der Waals surface area contributed by atoms with Crippen LogP contribution in [0.4, 0.5) is 5.69 Å². The van der Waals surface area contributed by atoms with Crippen molar-refractivity contribution in [2.24, 2.45) is 5.92 Å². The Balaban J connectivity index is 1.89. The standard InChI is InChI=1S/C27H23N5O4/c1-17(2)15-30-26(33)23(18(3)24(14-28)27(30)34)13-20-16-31(21-9-11-22(12-10-21)32(35)36)29-25(20)19-7-5-4-6-8-19/h4-13,16-17H,15H2,1-3H3/b23-13+. The highest BCUT2D eigenvalue weighted by Crippen LogP contribution is 2.31. The lowest BCUT2D eigenvalue weighted by Gasteiger charge is -2.28. The van der Waals surface area contributed by atoms with E-state index in [1.54, 1.807) is 36.0 Å². The molecular weight excluding hydrogens is 458 g/mol. The van der Waals surface area contributed by atoms with Gasteiger partial charge in [0.1, 0.15) is 11.6 Å². The van der Waals surface area contributed by atoms with E-state index in [2.05, 4.69) is 0 Å². The Labute approximate surface area is 207 Å². The maximum absolute atomic E-state index is 13.4. The predicted molar refractivity (Wildman–Crippen MR) is 134 cm³/mol. The Kier molecular flexibility index (Phi) is 6.61. The average Bonchev–Trinajstić information content (AvgIpc) is 3.29. The number of nitrogens with zero attached hydrogens (tertiary/aromatic N) is 5. The summed E-state index contributed by atoms with van der Waals surface area (Å²) in [5.74, 6) is -1.02. The number of non-ortho nitro benzene ring substituents is 1. The highest BCUT2D eigenvalue weighted by atomic mass is 16.6. The minimum Gasteiger partial charge on any atom is -0.273 e. The zero-order valence-corrected chi connectivity index (χ0v) is 20.0. The van der Waals surface area contributed by atoms with Gasteiger partial charge in [-0.05, 0) is 36.6 Å². The second kappa shape index (κ2) is 9.80. The normalized spacial score (nSPS) is 15.1. The van der Waals surface area contributed by atoms with Crippen LogP contribution >= 0.6 is 0 Å². The molecule has 1 aliphatic heterocycles. The van der Waals surface area contributed by atoms with Crippen LogP contribution in [0.1, 0.15) is 26.3 Å². The third kappa shape index (κ3) is 4.57. The van der Waals surface area contributed by atoms with Crippen molar-refractivity contribution in [2.45, 2.75) is 20.8 Å². The first kappa shape index (κ1) is 24.3. The predicted octanol–water partition coefficient (Wildman–Crippen LogP) is 4.70. The average molecular weight is 482 g/mol. The summed E-state index contributed by atoms with van der Waals surface area (Å²) >= 11 is 0. The summed E-state index contributed by atoms with van der Waals surface area (Å²) in [5, 5.41) is 25.4. The van der Waals surface area contributed by atoms with Crippen LogP contribution in [-0.2, 0) is 9.59 Å². The lowest BCUT2D eigenvalue weighted by atomic mass is 9.92. The van der Waals surface area contributed by atoms with Gasteiger partial charge in [-0.3, -0.25) is 24.6 Å². The number of carbonyl (C=O) groups is 2. The number of carbonyl (C=O) groups excluding carboxylic acids is 2. The molecule has 0 bridgehead atoms. The number of benzene rings is 2. The number of rotatable bonds is 6. The molecule has 36 heavy (non-hydrogen) atoms. The van der Waals surface area contributed by atoms with Crippen LogP contribution in [0, 0.1) is 27.4 Å². The summed E-state index contributed by atoms with van der Waals surface area (Å²) in [6, 6.07) is 17.3. The molecule has 9 nitrogen and oxygen atoms in total. The highest BCUT2D eigenvalue weighted by Gasteiger charge is 2.35. The molecule has 0 spiro atoms. The van der Waals surface area contributed by atoms with Gasteiger partial charge in [0, 0.05) is 41.6 Å². The Hall–Kier alpha value is -4.84. The Morgan fingerprint density at radius 2 is 1.75 bits per heavy atom. The summed E-state index contributed by atoms with van der Waals surface area (Å²) in [6.07, 6.45) is 3.36. The summed E-state index contributed by atoms with van der Waals surface area (Å²) in [5.41, 5.74) is 3.02. The monoisotopic (exact) mass is 481 g/mol. The molecule has 2 amide bonds. The van der Waals surface area contributed by atoms with Crippen molar-refractivity contribution in [3.63, 3.8) is 0 Å². The first-order valence-corrected chi connectivity index (χ1v) is 11.3.